The minimum absolute atomic E-state index is 0.0626. The van der Waals surface area contributed by atoms with Gasteiger partial charge in [-0.15, -0.1) is 11.3 Å². The zero-order valence-electron chi connectivity index (χ0n) is 19.3. The first-order chi connectivity index (χ1) is 16.3. The number of fused-ring (bicyclic) bond motifs is 1. The van der Waals surface area contributed by atoms with Gasteiger partial charge in [-0.25, -0.2) is 4.79 Å². The lowest BCUT2D eigenvalue weighted by molar-refractivity contribution is -0.147. The SMILES string of the molecule is CCOC(=O)c1c(NC(=O)COC(=O)CCCN2C(=O)c3ccccc3C2=O)sc(C)c1CC. The molecule has 0 spiro atoms. The van der Waals surface area contributed by atoms with Gasteiger partial charge in [-0.1, -0.05) is 19.1 Å². The van der Waals surface area contributed by atoms with E-state index in [9.17, 15) is 24.0 Å². The Bertz CT molecular complexity index is 1100. The summed E-state index contributed by atoms with van der Waals surface area (Å²) in [6.45, 7) is 5.23. The predicted molar refractivity (Wildman–Crippen MR) is 125 cm³/mol. The van der Waals surface area contributed by atoms with Crippen molar-refractivity contribution in [1.82, 2.24) is 4.90 Å². The molecule has 0 fully saturated rings. The number of anilines is 1. The Balaban J connectivity index is 1.48. The van der Waals surface area contributed by atoms with Gasteiger partial charge in [0.25, 0.3) is 17.7 Å². The van der Waals surface area contributed by atoms with Crippen molar-refractivity contribution < 1.29 is 33.4 Å². The molecule has 0 saturated carbocycles. The molecular weight excluding hydrogens is 460 g/mol. The van der Waals surface area contributed by atoms with Gasteiger partial charge in [0.2, 0.25) is 0 Å². The number of aryl methyl sites for hydroxylation is 1. The van der Waals surface area contributed by atoms with Crippen molar-refractivity contribution in [3.63, 3.8) is 0 Å². The van der Waals surface area contributed by atoms with Crippen LogP contribution in [-0.2, 0) is 25.5 Å². The van der Waals surface area contributed by atoms with Crippen molar-refractivity contribution in [2.75, 3.05) is 25.1 Å². The summed E-state index contributed by atoms with van der Waals surface area (Å²) in [5.74, 6) is -2.49. The highest BCUT2D eigenvalue weighted by Crippen LogP contribution is 2.34. The number of hydrogen-bond acceptors (Lipinski definition) is 8. The molecule has 9 nitrogen and oxygen atoms in total. The highest BCUT2D eigenvalue weighted by atomic mass is 32.1. The van der Waals surface area contributed by atoms with Gasteiger partial charge in [-0.2, -0.15) is 0 Å². The molecule has 1 N–H and O–H groups in total. The second-order valence-electron chi connectivity index (χ2n) is 7.53. The zero-order valence-corrected chi connectivity index (χ0v) is 20.1. The van der Waals surface area contributed by atoms with Crippen LogP contribution in [0.3, 0.4) is 0 Å². The van der Waals surface area contributed by atoms with Gasteiger partial charge >= 0.3 is 11.9 Å². The van der Waals surface area contributed by atoms with Crippen LogP contribution in [0.4, 0.5) is 5.00 Å². The van der Waals surface area contributed by atoms with E-state index in [1.807, 2.05) is 13.8 Å². The number of amides is 3. The second-order valence-corrected chi connectivity index (χ2v) is 8.76. The molecule has 1 aliphatic heterocycles. The number of carbonyl (C=O) groups is 5. The Labute approximate surface area is 201 Å². The summed E-state index contributed by atoms with van der Waals surface area (Å²) in [4.78, 5) is 63.4. The standard InChI is InChI=1S/C24H26N2O7S/c1-4-15-14(3)34-21(20(15)24(31)32-5-2)25-18(27)13-33-19(28)11-8-12-26-22(29)16-9-6-7-10-17(16)23(26)30/h6-7,9-10H,4-5,8,11-13H2,1-3H3,(H,25,27). The third-order valence-electron chi connectivity index (χ3n) is 5.30. The van der Waals surface area contributed by atoms with E-state index >= 15 is 0 Å². The summed E-state index contributed by atoms with van der Waals surface area (Å²) in [5.41, 5.74) is 1.84. The van der Waals surface area contributed by atoms with Crippen LogP contribution in [0.25, 0.3) is 0 Å². The molecule has 180 valence electrons. The number of thiophene rings is 1. The predicted octanol–water partition coefficient (Wildman–Crippen LogP) is 3.35. The van der Waals surface area contributed by atoms with Gasteiger partial charge in [0.1, 0.15) is 5.00 Å². The lowest BCUT2D eigenvalue weighted by Crippen LogP contribution is -2.31. The fraction of sp³-hybridized carbons (Fsp3) is 0.375. The van der Waals surface area contributed by atoms with Crippen LogP contribution < -0.4 is 5.32 Å². The number of hydrogen-bond donors (Lipinski definition) is 1. The minimum atomic E-state index is -0.631. The van der Waals surface area contributed by atoms with Crippen molar-refractivity contribution in [3.05, 3.63) is 51.4 Å². The van der Waals surface area contributed by atoms with Gasteiger partial charge in [0.15, 0.2) is 6.61 Å². The third-order valence-corrected chi connectivity index (χ3v) is 6.36. The number of nitrogens with one attached hydrogen (secondary N) is 1. The average molecular weight is 487 g/mol. The number of benzene rings is 1. The summed E-state index contributed by atoms with van der Waals surface area (Å²) in [6.07, 6.45) is 0.754. The van der Waals surface area contributed by atoms with Crippen LogP contribution in [0.2, 0.25) is 0 Å². The monoisotopic (exact) mass is 486 g/mol. The van der Waals surface area contributed by atoms with Crippen molar-refractivity contribution in [3.8, 4) is 0 Å². The van der Waals surface area contributed by atoms with E-state index in [-0.39, 0.29) is 37.8 Å². The molecule has 2 heterocycles. The van der Waals surface area contributed by atoms with Crippen molar-refractivity contribution >= 4 is 46.0 Å². The molecule has 34 heavy (non-hydrogen) atoms. The number of ether oxygens (including phenoxy) is 2. The lowest BCUT2D eigenvalue weighted by atomic mass is 10.1. The second kappa shape index (κ2) is 11.1. The van der Waals surface area contributed by atoms with Gasteiger partial charge in [0.05, 0.1) is 23.3 Å². The maximum atomic E-state index is 12.3. The first kappa shape index (κ1) is 25.1. The summed E-state index contributed by atoms with van der Waals surface area (Å²) in [6, 6.07) is 6.56. The van der Waals surface area contributed by atoms with E-state index in [4.69, 9.17) is 9.47 Å². The van der Waals surface area contributed by atoms with E-state index in [2.05, 4.69) is 5.32 Å². The maximum absolute atomic E-state index is 12.3. The highest BCUT2D eigenvalue weighted by molar-refractivity contribution is 7.16. The summed E-state index contributed by atoms with van der Waals surface area (Å²) < 4.78 is 10.1. The number of nitrogens with zero attached hydrogens (tertiary/aromatic N) is 1. The summed E-state index contributed by atoms with van der Waals surface area (Å²) in [5, 5.41) is 2.99. The van der Waals surface area contributed by atoms with Crippen LogP contribution in [-0.4, -0.2) is 54.3 Å². The lowest BCUT2D eigenvalue weighted by Gasteiger charge is -2.13. The van der Waals surface area contributed by atoms with E-state index in [0.29, 0.717) is 28.1 Å². The maximum Gasteiger partial charge on any atom is 0.341 e. The van der Waals surface area contributed by atoms with Gasteiger partial charge in [-0.05, 0) is 44.4 Å². The van der Waals surface area contributed by atoms with E-state index < -0.39 is 24.5 Å². The molecule has 2 aromatic rings. The van der Waals surface area contributed by atoms with Crippen LogP contribution in [0.5, 0.6) is 0 Å². The van der Waals surface area contributed by atoms with Crippen molar-refractivity contribution in [2.24, 2.45) is 0 Å². The average Bonchev–Trinajstić information content (AvgIpc) is 3.26. The Morgan fingerprint density at radius 1 is 1.03 bits per heavy atom. The first-order valence-corrected chi connectivity index (χ1v) is 11.8. The normalized spacial score (nSPS) is 12.5. The molecule has 0 bridgehead atoms. The number of rotatable bonds is 10. The number of esters is 2. The summed E-state index contributed by atoms with van der Waals surface area (Å²) >= 11 is 1.26. The Hall–Kier alpha value is -3.53. The Kier molecular flexibility index (Phi) is 8.17. The number of imide groups is 1. The van der Waals surface area contributed by atoms with Crippen LogP contribution in [0.1, 0.15) is 68.2 Å². The first-order valence-electron chi connectivity index (χ1n) is 11.0. The smallest absolute Gasteiger partial charge is 0.341 e. The van der Waals surface area contributed by atoms with Crippen molar-refractivity contribution in [2.45, 2.75) is 40.0 Å². The van der Waals surface area contributed by atoms with Gasteiger partial charge < -0.3 is 14.8 Å². The molecule has 1 aromatic heterocycles. The molecule has 0 atom stereocenters. The molecular formula is C24H26N2O7S. The molecule has 0 saturated heterocycles. The van der Waals surface area contributed by atoms with Crippen LogP contribution in [0.15, 0.2) is 24.3 Å². The molecule has 0 aliphatic carbocycles. The van der Waals surface area contributed by atoms with E-state index in [0.717, 1.165) is 15.3 Å². The van der Waals surface area contributed by atoms with E-state index in [1.165, 1.54) is 11.3 Å². The molecule has 0 radical (unpaired) electrons. The topological polar surface area (TPSA) is 119 Å². The fourth-order valence-corrected chi connectivity index (χ4v) is 4.87. The molecule has 3 amide bonds. The summed E-state index contributed by atoms with van der Waals surface area (Å²) in [7, 11) is 0. The largest absolute Gasteiger partial charge is 0.462 e. The van der Waals surface area contributed by atoms with E-state index in [1.54, 1.807) is 31.2 Å². The molecule has 1 aliphatic rings. The highest BCUT2D eigenvalue weighted by Gasteiger charge is 2.34. The van der Waals surface area contributed by atoms with Crippen LogP contribution in [0, 0.1) is 6.92 Å². The third kappa shape index (κ3) is 5.33. The van der Waals surface area contributed by atoms with Gasteiger partial charge in [0, 0.05) is 17.8 Å². The molecule has 1 aromatic carbocycles. The fourth-order valence-electron chi connectivity index (χ4n) is 3.72. The molecule has 10 heteroatoms. The Morgan fingerprint density at radius 3 is 2.26 bits per heavy atom. The minimum Gasteiger partial charge on any atom is -0.462 e. The number of carbonyl (C=O) groups excluding carboxylic acids is 5. The zero-order chi connectivity index (χ0) is 24.8. The van der Waals surface area contributed by atoms with Crippen molar-refractivity contribution in [1.29, 1.82) is 0 Å². The van der Waals surface area contributed by atoms with Gasteiger partial charge in [-0.3, -0.25) is 24.1 Å². The van der Waals surface area contributed by atoms with Crippen LogP contribution >= 0.6 is 11.3 Å². The molecule has 3 rings (SSSR count). The quantitative estimate of drug-likeness (QED) is 0.404. The molecule has 0 unspecified atom stereocenters. The Morgan fingerprint density at radius 2 is 1.68 bits per heavy atom.